The molecule has 1 fully saturated rings. The van der Waals surface area contributed by atoms with E-state index in [9.17, 15) is 5.11 Å². The zero-order chi connectivity index (χ0) is 13.7. The zero-order valence-electron chi connectivity index (χ0n) is 11.8. The van der Waals surface area contributed by atoms with Crippen LogP contribution in [0.15, 0.2) is 24.3 Å². The number of aliphatic hydroxyl groups excluding tert-OH is 1. The van der Waals surface area contributed by atoms with Crippen LogP contribution in [0.3, 0.4) is 0 Å². The molecule has 3 unspecified atom stereocenters. The van der Waals surface area contributed by atoms with E-state index in [-0.39, 0.29) is 6.10 Å². The summed E-state index contributed by atoms with van der Waals surface area (Å²) in [6.07, 6.45) is 4.55. The van der Waals surface area contributed by atoms with E-state index in [1.165, 1.54) is 19.3 Å². The topological polar surface area (TPSA) is 38.7 Å². The monoisotopic (exact) mass is 264 g/mol. The van der Waals surface area contributed by atoms with E-state index in [0.717, 1.165) is 17.7 Å². The molecule has 0 aliphatic heterocycles. The summed E-state index contributed by atoms with van der Waals surface area (Å²) < 4.78 is 11.2. The Labute approximate surface area is 115 Å². The molecule has 0 aromatic heterocycles. The summed E-state index contributed by atoms with van der Waals surface area (Å²) in [7, 11) is 1.62. The molecule has 0 radical (unpaired) electrons. The molecule has 1 saturated carbocycles. The van der Waals surface area contributed by atoms with Gasteiger partial charge in [-0.2, -0.15) is 0 Å². The zero-order valence-corrected chi connectivity index (χ0v) is 11.8. The minimum Gasteiger partial charge on any atom is -0.496 e. The number of rotatable bonds is 5. The molecule has 2 rings (SSSR count). The van der Waals surface area contributed by atoms with Gasteiger partial charge in [0.05, 0.1) is 19.8 Å². The Morgan fingerprint density at radius 1 is 1.26 bits per heavy atom. The quantitative estimate of drug-likeness (QED) is 0.886. The summed E-state index contributed by atoms with van der Waals surface area (Å²) in [5, 5.41) is 10.2. The number of ether oxygens (including phenoxy) is 2. The number of methoxy groups -OCH3 is 1. The molecule has 0 amide bonds. The minimum atomic E-state index is -0.620. The molecule has 1 N–H and O–H groups in total. The SMILES string of the molecule is COc1ccccc1C(O)COC1CCCCC1C. The van der Waals surface area contributed by atoms with Crippen molar-refractivity contribution in [2.24, 2.45) is 5.92 Å². The Morgan fingerprint density at radius 2 is 2.00 bits per heavy atom. The van der Waals surface area contributed by atoms with Gasteiger partial charge in [0, 0.05) is 5.56 Å². The van der Waals surface area contributed by atoms with Crippen molar-refractivity contribution in [3.8, 4) is 5.75 Å². The van der Waals surface area contributed by atoms with Gasteiger partial charge in [-0.25, -0.2) is 0 Å². The van der Waals surface area contributed by atoms with Crippen LogP contribution in [0.4, 0.5) is 0 Å². The first kappa shape index (κ1) is 14.4. The second kappa shape index (κ2) is 6.92. The van der Waals surface area contributed by atoms with Crippen LogP contribution in [-0.2, 0) is 4.74 Å². The van der Waals surface area contributed by atoms with Gasteiger partial charge < -0.3 is 14.6 Å². The average molecular weight is 264 g/mol. The van der Waals surface area contributed by atoms with Crippen molar-refractivity contribution >= 4 is 0 Å². The van der Waals surface area contributed by atoms with Gasteiger partial charge in [-0.05, 0) is 24.8 Å². The van der Waals surface area contributed by atoms with E-state index in [0.29, 0.717) is 12.5 Å². The molecular formula is C16H24O3. The van der Waals surface area contributed by atoms with Gasteiger partial charge in [-0.1, -0.05) is 38.0 Å². The van der Waals surface area contributed by atoms with Crippen molar-refractivity contribution < 1.29 is 14.6 Å². The van der Waals surface area contributed by atoms with E-state index < -0.39 is 6.10 Å². The summed E-state index contributed by atoms with van der Waals surface area (Å²) in [5.41, 5.74) is 0.800. The summed E-state index contributed by atoms with van der Waals surface area (Å²) in [5.74, 6) is 1.31. The molecule has 0 heterocycles. The summed E-state index contributed by atoms with van der Waals surface area (Å²) in [6, 6.07) is 7.56. The number of hydrogen-bond donors (Lipinski definition) is 1. The van der Waals surface area contributed by atoms with Crippen molar-refractivity contribution in [1.29, 1.82) is 0 Å². The molecule has 1 aromatic rings. The smallest absolute Gasteiger partial charge is 0.124 e. The van der Waals surface area contributed by atoms with Crippen LogP contribution in [0.2, 0.25) is 0 Å². The third kappa shape index (κ3) is 3.71. The lowest BCUT2D eigenvalue weighted by molar-refractivity contribution is -0.0471. The molecule has 106 valence electrons. The molecule has 3 heteroatoms. The highest BCUT2D eigenvalue weighted by molar-refractivity contribution is 5.34. The van der Waals surface area contributed by atoms with Gasteiger partial charge >= 0.3 is 0 Å². The Hall–Kier alpha value is -1.06. The highest BCUT2D eigenvalue weighted by atomic mass is 16.5. The molecule has 0 bridgehead atoms. The fourth-order valence-corrected chi connectivity index (χ4v) is 2.78. The minimum absolute atomic E-state index is 0.290. The highest BCUT2D eigenvalue weighted by Gasteiger charge is 2.23. The first-order valence-electron chi connectivity index (χ1n) is 7.15. The normalized spacial score (nSPS) is 25.0. The lowest BCUT2D eigenvalue weighted by atomic mass is 9.88. The number of hydrogen-bond acceptors (Lipinski definition) is 3. The second-order valence-corrected chi connectivity index (χ2v) is 5.39. The Balaban J connectivity index is 1.91. The standard InChI is InChI=1S/C16H24O3/c1-12-7-3-5-9-15(12)19-11-14(17)13-8-4-6-10-16(13)18-2/h4,6,8,10,12,14-15,17H,3,5,7,9,11H2,1-2H3. The van der Waals surface area contributed by atoms with Crippen LogP contribution in [0, 0.1) is 5.92 Å². The van der Waals surface area contributed by atoms with E-state index in [2.05, 4.69) is 6.92 Å². The van der Waals surface area contributed by atoms with Crippen LogP contribution in [0.5, 0.6) is 5.75 Å². The highest BCUT2D eigenvalue weighted by Crippen LogP contribution is 2.29. The van der Waals surface area contributed by atoms with Crippen molar-refractivity contribution in [1.82, 2.24) is 0 Å². The van der Waals surface area contributed by atoms with Gasteiger partial charge in [0.2, 0.25) is 0 Å². The van der Waals surface area contributed by atoms with Gasteiger partial charge in [0.25, 0.3) is 0 Å². The molecule has 1 aliphatic rings. The maximum atomic E-state index is 10.2. The molecular weight excluding hydrogens is 240 g/mol. The third-order valence-corrected chi connectivity index (χ3v) is 4.00. The molecule has 0 saturated heterocycles. The van der Waals surface area contributed by atoms with E-state index in [4.69, 9.17) is 9.47 Å². The van der Waals surface area contributed by atoms with Gasteiger partial charge in [-0.3, -0.25) is 0 Å². The number of para-hydroxylation sites is 1. The predicted octanol–water partition coefficient (Wildman–Crippen LogP) is 3.32. The molecule has 19 heavy (non-hydrogen) atoms. The van der Waals surface area contributed by atoms with Crippen molar-refractivity contribution in [3.63, 3.8) is 0 Å². The molecule has 0 spiro atoms. The second-order valence-electron chi connectivity index (χ2n) is 5.39. The molecule has 1 aliphatic carbocycles. The van der Waals surface area contributed by atoms with Crippen LogP contribution < -0.4 is 4.74 Å². The molecule has 3 nitrogen and oxygen atoms in total. The third-order valence-electron chi connectivity index (χ3n) is 4.00. The maximum absolute atomic E-state index is 10.2. The van der Waals surface area contributed by atoms with Crippen molar-refractivity contribution in [2.75, 3.05) is 13.7 Å². The fourth-order valence-electron chi connectivity index (χ4n) is 2.78. The first-order chi connectivity index (χ1) is 9.22. The van der Waals surface area contributed by atoms with Gasteiger partial charge in [0.1, 0.15) is 11.9 Å². The fraction of sp³-hybridized carbons (Fsp3) is 0.625. The summed E-state index contributed by atoms with van der Waals surface area (Å²) >= 11 is 0. The van der Waals surface area contributed by atoms with Gasteiger partial charge in [-0.15, -0.1) is 0 Å². The number of benzene rings is 1. The van der Waals surface area contributed by atoms with E-state index in [1.54, 1.807) is 7.11 Å². The van der Waals surface area contributed by atoms with Crippen molar-refractivity contribution in [3.05, 3.63) is 29.8 Å². The van der Waals surface area contributed by atoms with Crippen LogP contribution >= 0.6 is 0 Å². The van der Waals surface area contributed by atoms with Crippen molar-refractivity contribution in [2.45, 2.75) is 44.8 Å². The lowest BCUT2D eigenvalue weighted by Gasteiger charge is -2.29. The van der Waals surface area contributed by atoms with E-state index in [1.807, 2.05) is 24.3 Å². The average Bonchev–Trinajstić information content (AvgIpc) is 2.46. The van der Waals surface area contributed by atoms with Crippen LogP contribution in [-0.4, -0.2) is 24.9 Å². The largest absolute Gasteiger partial charge is 0.496 e. The number of aliphatic hydroxyl groups is 1. The lowest BCUT2D eigenvalue weighted by Crippen LogP contribution is -2.27. The summed E-state index contributed by atoms with van der Waals surface area (Å²) in [4.78, 5) is 0. The Morgan fingerprint density at radius 3 is 2.74 bits per heavy atom. The van der Waals surface area contributed by atoms with Gasteiger partial charge in [0.15, 0.2) is 0 Å². The molecule has 1 aromatic carbocycles. The van der Waals surface area contributed by atoms with Crippen LogP contribution in [0.1, 0.15) is 44.3 Å². The Bertz CT molecular complexity index is 391. The Kier molecular flexibility index (Phi) is 5.23. The predicted molar refractivity (Wildman–Crippen MR) is 75.3 cm³/mol. The molecule has 3 atom stereocenters. The summed E-state index contributed by atoms with van der Waals surface area (Å²) in [6.45, 7) is 2.58. The van der Waals surface area contributed by atoms with Crippen LogP contribution in [0.25, 0.3) is 0 Å². The first-order valence-corrected chi connectivity index (χ1v) is 7.15. The maximum Gasteiger partial charge on any atom is 0.124 e. The van der Waals surface area contributed by atoms with E-state index >= 15 is 0 Å².